The third kappa shape index (κ3) is 4.19. The highest BCUT2D eigenvalue weighted by Gasteiger charge is 2.23. The Hall–Kier alpha value is -1.63. The van der Waals surface area contributed by atoms with Crippen molar-refractivity contribution in [2.24, 2.45) is 5.92 Å². The highest BCUT2D eigenvalue weighted by Crippen LogP contribution is 2.25. The van der Waals surface area contributed by atoms with E-state index in [1.165, 1.54) is 25.6 Å². The molecule has 1 unspecified atom stereocenters. The summed E-state index contributed by atoms with van der Waals surface area (Å²) in [7, 11) is 2.68. The molecule has 1 atom stereocenters. The van der Waals surface area contributed by atoms with Crippen LogP contribution in [0.4, 0.5) is 5.13 Å². The van der Waals surface area contributed by atoms with Gasteiger partial charge in [0.25, 0.3) is 0 Å². The van der Waals surface area contributed by atoms with Gasteiger partial charge in [0.2, 0.25) is 0 Å². The lowest BCUT2D eigenvalue weighted by molar-refractivity contribution is -0.141. The number of hydrogen-bond acceptors (Lipinski definition) is 7. The summed E-state index contributed by atoms with van der Waals surface area (Å²) in [5, 5.41) is 3.54. The third-order valence-electron chi connectivity index (χ3n) is 2.66. The van der Waals surface area contributed by atoms with Crippen LogP contribution in [-0.2, 0) is 14.3 Å². The first-order valence-corrected chi connectivity index (χ1v) is 7.10. The minimum atomic E-state index is -0.476. The van der Waals surface area contributed by atoms with Gasteiger partial charge >= 0.3 is 11.9 Å². The number of esters is 2. The number of carbonyl (C=O) groups excluding carboxylic acids is 2. The average molecular weight is 300 g/mol. The van der Waals surface area contributed by atoms with Crippen molar-refractivity contribution in [2.45, 2.75) is 33.2 Å². The smallest absolute Gasteiger partial charge is 0.350 e. The van der Waals surface area contributed by atoms with E-state index in [1.807, 2.05) is 13.8 Å². The zero-order chi connectivity index (χ0) is 15.3. The van der Waals surface area contributed by atoms with E-state index in [-0.39, 0.29) is 5.97 Å². The second kappa shape index (κ2) is 7.23. The molecule has 20 heavy (non-hydrogen) atoms. The number of nitrogens with zero attached hydrogens (tertiary/aromatic N) is 1. The molecule has 1 aromatic heterocycles. The molecular formula is C13H20N2O4S. The molecule has 6 nitrogen and oxygen atoms in total. The maximum atomic E-state index is 11.7. The molecule has 0 aliphatic heterocycles. The second-order valence-electron chi connectivity index (χ2n) is 4.77. The summed E-state index contributed by atoms with van der Waals surface area (Å²) in [6.07, 6.45) is 0.624. The van der Waals surface area contributed by atoms with Crippen molar-refractivity contribution in [3.8, 4) is 0 Å². The summed E-state index contributed by atoms with van der Waals surface area (Å²) in [5.41, 5.74) is 0.581. The molecular weight excluding hydrogens is 280 g/mol. The van der Waals surface area contributed by atoms with Crippen molar-refractivity contribution in [2.75, 3.05) is 19.5 Å². The Balaban J connectivity index is 2.88. The normalized spacial score (nSPS) is 12.1. The fourth-order valence-corrected chi connectivity index (χ4v) is 2.65. The number of thiazole rings is 1. The molecule has 0 aromatic carbocycles. The predicted molar refractivity (Wildman–Crippen MR) is 77.1 cm³/mol. The lowest BCUT2D eigenvalue weighted by atomic mass is 10.0. The summed E-state index contributed by atoms with van der Waals surface area (Å²) in [4.78, 5) is 27.9. The van der Waals surface area contributed by atoms with Gasteiger partial charge in [-0.15, -0.1) is 0 Å². The molecule has 1 aromatic rings. The number of methoxy groups -OCH3 is 2. The maximum Gasteiger partial charge on any atom is 0.350 e. The molecule has 0 saturated heterocycles. The number of anilines is 1. The molecule has 0 amide bonds. The Bertz CT molecular complexity index is 485. The van der Waals surface area contributed by atoms with Gasteiger partial charge in [-0.3, -0.25) is 0 Å². The van der Waals surface area contributed by atoms with Crippen LogP contribution in [-0.4, -0.2) is 37.2 Å². The molecule has 1 rings (SSSR count). The minimum Gasteiger partial charge on any atom is -0.467 e. The highest BCUT2D eigenvalue weighted by molar-refractivity contribution is 7.17. The summed E-state index contributed by atoms with van der Waals surface area (Å²) in [6.45, 7) is 5.76. The van der Waals surface area contributed by atoms with Crippen LogP contribution in [0, 0.1) is 12.8 Å². The molecule has 112 valence electrons. The summed E-state index contributed by atoms with van der Waals surface area (Å²) >= 11 is 1.17. The first kappa shape index (κ1) is 16.4. The topological polar surface area (TPSA) is 77.5 Å². The Labute approximate surface area is 122 Å². The van der Waals surface area contributed by atoms with Gasteiger partial charge in [0.05, 0.1) is 19.9 Å². The number of aryl methyl sites for hydroxylation is 1. The van der Waals surface area contributed by atoms with E-state index in [2.05, 4.69) is 15.0 Å². The number of ether oxygens (including phenoxy) is 2. The van der Waals surface area contributed by atoms with E-state index in [9.17, 15) is 9.59 Å². The Morgan fingerprint density at radius 3 is 2.45 bits per heavy atom. The van der Waals surface area contributed by atoms with Crippen LogP contribution in [0.3, 0.4) is 0 Å². The van der Waals surface area contributed by atoms with Crippen LogP contribution < -0.4 is 5.32 Å². The molecule has 0 spiro atoms. The van der Waals surface area contributed by atoms with Crippen molar-refractivity contribution < 1.29 is 19.1 Å². The van der Waals surface area contributed by atoms with E-state index in [0.29, 0.717) is 28.0 Å². The van der Waals surface area contributed by atoms with E-state index in [4.69, 9.17) is 4.74 Å². The van der Waals surface area contributed by atoms with Gasteiger partial charge in [0.1, 0.15) is 10.9 Å². The Kier molecular flexibility index (Phi) is 5.94. The highest BCUT2D eigenvalue weighted by atomic mass is 32.1. The fraction of sp³-hybridized carbons (Fsp3) is 0.615. The maximum absolute atomic E-state index is 11.7. The number of rotatable bonds is 6. The predicted octanol–water partition coefficient (Wildman–Crippen LogP) is 2.24. The first-order valence-electron chi connectivity index (χ1n) is 6.29. The lowest BCUT2D eigenvalue weighted by Crippen LogP contribution is -2.32. The molecule has 0 radical (unpaired) electrons. The summed E-state index contributed by atoms with van der Waals surface area (Å²) in [5.74, 6) is -0.439. The van der Waals surface area contributed by atoms with E-state index >= 15 is 0 Å². The van der Waals surface area contributed by atoms with E-state index in [1.54, 1.807) is 6.92 Å². The molecule has 0 aliphatic rings. The van der Waals surface area contributed by atoms with Gasteiger partial charge < -0.3 is 14.8 Å². The number of hydrogen-bond donors (Lipinski definition) is 1. The van der Waals surface area contributed by atoms with Crippen molar-refractivity contribution in [3.63, 3.8) is 0 Å². The molecule has 0 aliphatic carbocycles. The van der Waals surface area contributed by atoms with Crippen molar-refractivity contribution in [3.05, 3.63) is 10.6 Å². The number of aromatic nitrogens is 1. The minimum absolute atomic E-state index is 0.327. The monoisotopic (exact) mass is 300 g/mol. The van der Waals surface area contributed by atoms with Crippen molar-refractivity contribution >= 4 is 28.4 Å². The second-order valence-corrected chi connectivity index (χ2v) is 5.77. The molecule has 1 heterocycles. The zero-order valence-corrected chi connectivity index (χ0v) is 13.2. The largest absolute Gasteiger partial charge is 0.467 e. The van der Waals surface area contributed by atoms with Crippen LogP contribution in [0.2, 0.25) is 0 Å². The summed E-state index contributed by atoms with van der Waals surface area (Å²) < 4.78 is 9.46. The van der Waals surface area contributed by atoms with E-state index < -0.39 is 12.0 Å². The standard InChI is InChI=1S/C13H20N2O4S/c1-7(2)6-9(11(16)18-4)15-13-14-8(3)10(20-13)12(17)19-5/h7,9H,6H2,1-5H3,(H,14,15). The summed E-state index contributed by atoms with van der Waals surface area (Å²) in [6, 6.07) is -0.476. The van der Waals surface area contributed by atoms with E-state index in [0.717, 1.165) is 0 Å². The molecule has 0 bridgehead atoms. The van der Waals surface area contributed by atoms with Gasteiger partial charge in [0, 0.05) is 0 Å². The van der Waals surface area contributed by atoms with Gasteiger partial charge in [-0.25, -0.2) is 14.6 Å². The Morgan fingerprint density at radius 1 is 1.30 bits per heavy atom. The third-order valence-corrected chi connectivity index (χ3v) is 3.73. The first-order chi connectivity index (χ1) is 9.38. The van der Waals surface area contributed by atoms with Crippen LogP contribution in [0.5, 0.6) is 0 Å². The van der Waals surface area contributed by atoms with Gasteiger partial charge in [-0.2, -0.15) is 0 Å². The molecule has 1 N–H and O–H groups in total. The molecule has 0 fully saturated rings. The van der Waals surface area contributed by atoms with Crippen molar-refractivity contribution in [1.82, 2.24) is 4.98 Å². The average Bonchev–Trinajstić information content (AvgIpc) is 2.76. The quantitative estimate of drug-likeness (QED) is 0.812. The molecule has 0 saturated carbocycles. The van der Waals surface area contributed by atoms with Crippen LogP contribution in [0.15, 0.2) is 0 Å². The number of nitrogens with one attached hydrogen (secondary N) is 1. The van der Waals surface area contributed by atoms with Gasteiger partial charge in [-0.1, -0.05) is 25.2 Å². The fourth-order valence-electron chi connectivity index (χ4n) is 1.72. The van der Waals surface area contributed by atoms with Gasteiger partial charge in [-0.05, 0) is 19.3 Å². The lowest BCUT2D eigenvalue weighted by Gasteiger charge is -2.17. The van der Waals surface area contributed by atoms with Crippen molar-refractivity contribution in [1.29, 1.82) is 0 Å². The van der Waals surface area contributed by atoms with Crippen LogP contribution >= 0.6 is 11.3 Å². The Morgan fingerprint density at radius 2 is 1.95 bits per heavy atom. The van der Waals surface area contributed by atoms with Crippen LogP contribution in [0.25, 0.3) is 0 Å². The molecule has 7 heteroatoms. The SMILES string of the molecule is COC(=O)c1sc(NC(CC(C)C)C(=O)OC)nc1C. The number of carbonyl (C=O) groups is 2. The van der Waals surface area contributed by atoms with Gasteiger partial charge in [0.15, 0.2) is 5.13 Å². The van der Waals surface area contributed by atoms with Crippen LogP contribution in [0.1, 0.15) is 35.6 Å². The zero-order valence-electron chi connectivity index (χ0n) is 12.4.